The number of benzene rings is 2. The first-order valence-corrected chi connectivity index (χ1v) is 9.02. The van der Waals surface area contributed by atoms with Gasteiger partial charge in [0.1, 0.15) is 28.9 Å². The number of carboxylic acid groups (broad SMARTS) is 1. The molecule has 1 heterocycles. The highest BCUT2D eigenvalue weighted by Crippen LogP contribution is 2.34. The molecule has 10 nitrogen and oxygen atoms in total. The van der Waals surface area contributed by atoms with E-state index in [0.29, 0.717) is 11.3 Å². The number of ether oxygens (including phenoxy) is 1. The molecule has 0 spiro atoms. The van der Waals surface area contributed by atoms with Gasteiger partial charge < -0.3 is 19.6 Å². The molecule has 0 fully saturated rings. The lowest BCUT2D eigenvalue weighted by Crippen LogP contribution is -2.16. The minimum absolute atomic E-state index is 0.0348. The summed E-state index contributed by atoms with van der Waals surface area (Å²) in [6, 6.07) is 14.5. The Bertz CT molecular complexity index is 1280. The van der Waals surface area contributed by atoms with Crippen molar-refractivity contribution < 1.29 is 28.8 Å². The van der Waals surface area contributed by atoms with Crippen LogP contribution < -0.4 is 10.1 Å². The van der Waals surface area contributed by atoms with Gasteiger partial charge in [-0.15, -0.1) is 0 Å². The molecular formula is C22H15N3O7. The Labute approximate surface area is 181 Å². The quantitative estimate of drug-likeness (QED) is 0.244. The van der Waals surface area contributed by atoms with E-state index in [9.17, 15) is 30.1 Å². The van der Waals surface area contributed by atoms with E-state index in [2.05, 4.69) is 5.32 Å². The first-order valence-electron chi connectivity index (χ1n) is 9.02. The van der Waals surface area contributed by atoms with Crippen molar-refractivity contribution in [3.05, 3.63) is 81.6 Å². The van der Waals surface area contributed by atoms with Crippen LogP contribution in [-0.4, -0.2) is 29.0 Å². The van der Waals surface area contributed by atoms with Crippen LogP contribution in [0.4, 0.5) is 11.4 Å². The molecule has 0 radical (unpaired) electrons. The summed E-state index contributed by atoms with van der Waals surface area (Å²) in [7, 11) is 1.40. The Balaban J connectivity index is 1.90. The van der Waals surface area contributed by atoms with Gasteiger partial charge in [-0.1, -0.05) is 12.1 Å². The van der Waals surface area contributed by atoms with Gasteiger partial charge in [0.15, 0.2) is 0 Å². The second-order valence-electron chi connectivity index (χ2n) is 6.32. The van der Waals surface area contributed by atoms with Crippen LogP contribution in [0.2, 0.25) is 0 Å². The number of non-ortho nitro benzene ring substituents is 1. The Morgan fingerprint density at radius 3 is 2.62 bits per heavy atom. The molecule has 0 bridgehead atoms. The van der Waals surface area contributed by atoms with Gasteiger partial charge in [0.2, 0.25) is 0 Å². The minimum atomic E-state index is -1.23. The molecule has 0 atom stereocenters. The van der Waals surface area contributed by atoms with Crippen molar-refractivity contribution in [1.82, 2.24) is 0 Å². The third-order valence-electron chi connectivity index (χ3n) is 4.34. The van der Waals surface area contributed by atoms with E-state index in [-0.39, 0.29) is 34.0 Å². The molecule has 160 valence electrons. The molecule has 2 N–H and O–H groups in total. The summed E-state index contributed by atoms with van der Waals surface area (Å²) in [5, 5.41) is 32.1. The predicted octanol–water partition coefficient (Wildman–Crippen LogP) is 4.11. The maximum Gasteiger partial charge on any atom is 0.337 e. The van der Waals surface area contributed by atoms with Gasteiger partial charge in [-0.25, -0.2) is 4.79 Å². The Hall–Kier alpha value is -4.91. The van der Waals surface area contributed by atoms with E-state index in [1.807, 2.05) is 0 Å². The number of nitro benzene ring substituents is 1. The molecule has 0 saturated heterocycles. The Kier molecular flexibility index (Phi) is 6.31. The highest BCUT2D eigenvalue weighted by atomic mass is 16.6. The van der Waals surface area contributed by atoms with Crippen molar-refractivity contribution in [2.75, 3.05) is 12.4 Å². The summed E-state index contributed by atoms with van der Waals surface area (Å²) in [4.78, 5) is 34.3. The second-order valence-corrected chi connectivity index (χ2v) is 6.32. The number of anilines is 1. The van der Waals surface area contributed by atoms with Gasteiger partial charge in [0.05, 0.1) is 28.8 Å². The van der Waals surface area contributed by atoms with Crippen LogP contribution in [0, 0.1) is 21.4 Å². The van der Waals surface area contributed by atoms with Crippen molar-refractivity contribution >= 4 is 29.3 Å². The molecule has 3 aromatic rings. The number of carbonyl (C=O) groups excluding carboxylic acids is 1. The zero-order chi connectivity index (χ0) is 23.3. The largest absolute Gasteiger partial charge is 0.496 e. The fourth-order valence-electron chi connectivity index (χ4n) is 2.84. The van der Waals surface area contributed by atoms with Crippen LogP contribution in [-0.2, 0) is 4.79 Å². The topological polar surface area (TPSA) is 156 Å². The number of nitro groups is 1. The summed E-state index contributed by atoms with van der Waals surface area (Å²) in [6.07, 6.45) is 1.17. The average molecular weight is 433 g/mol. The molecule has 3 rings (SSSR count). The average Bonchev–Trinajstić information content (AvgIpc) is 3.25. The number of nitriles is 1. The lowest BCUT2D eigenvalue weighted by atomic mass is 10.1. The SMILES string of the molecule is COc1ccc([N+](=O)[O-])cc1-c1ccc(/C=C(\C#N)C(=O)Nc2ccccc2C(=O)O)o1. The standard InChI is InChI=1S/C22H15N3O7/c1-31-19-8-6-14(25(29)30)11-17(19)20-9-7-15(32-20)10-13(12-23)21(26)24-18-5-3-2-4-16(18)22(27)28/h2-11H,1H3,(H,24,26)(H,27,28)/b13-10+. The highest BCUT2D eigenvalue weighted by Gasteiger charge is 2.18. The van der Waals surface area contributed by atoms with E-state index >= 15 is 0 Å². The molecule has 0 aliphatic rings. The smallest absolute Gasteiger partial charge is 0.337 e. The summed E-state index contributed by atoms with van der Waals surface area (Å²) in [5.74, 6) is -1.36. The third-order valence-corrected chi connectivity index (χ3v) is 4.34. The number of amides is 1. The van der Waals surface area contributed by atoms with Crippen LogP contribution in [0.25, 0.3) is 17.4 Å². The molecule has 0 aliphatic heterocycles. The molecule has 1 amide bonds. The van der Waals surface area contributed by atoms with Gasteiger partial charge >= 0.3 is 5.97 Å². The van der Waals surface area contributed by atoms with Crippen LogP contribution >= 0.6 is 0 Å². The summed E-state index contributed by atoms with van der Waals surface area (Å²) < 4.78 is 10.9. The van der Waals surface area contributed by atoms with Crippen molar-refractivity contribution in [2.45, 2.75) is 0 Å². The number of rotatable bonds is 7. The van der Waals surface area contributed by atoms with Crippen molar-refractivity contribution in [1.29, 1.82) is 5.26 Å². The Morgan fingerprint density at radius 1 is 1.22 bits per heavy atom. The van der Waals surface area contributed by atoms with Gasteiger partial charge in [0, 0.05) is 18.2 Å². The van der Waals surface area contributed by atoms with Crippen molar-refractivity contribution in [2.24, 2.45) is 0 Å². The molecule has 32 heavy (non-hydrogen) atoms. The normalized spacial score (nSPS) is 10.8. The lowest BCUT2D eigenvalue weighted by molar-refractivity contribution is -0.384. The van der Waals surface area contributed by atoms with Crippen LogP contribution in [0.15, 0.2) is 64.6 Å². The zero-order valence-corrected chi connectivity index (χ0v) is 16.6. The minimum Gasteiger partial charge on any atom is -0.496 e. The monoisotopic (exact) mass is 433 g/mol. The fourth-order valence-corrected chi connectivity index (χ4v) is 2.84. The van der Waals surface area contributed by atoms with Crippen molar-refractivity contribution in [3.63, 3.8) is 0 Å². The number of hydrogen-bond donors (Lipinski definition) is 2. The first-order chi connectivity index (χ1) is 15.3. The lowest BCUT2D eigenvalue weighted by Gasteiger charge is -2.07. The van der Waals surface area contributed by atoms with Gasteiger partial charge in [-0.2, -0.15) is 5.26 Å². The number of hydrogen-bond acceptors (Lipinski definition) is 7. The number of carbonyl (C=O) groups is 2. The second kappa shape index (κ2) is 9.27. The van der Waals surface area contributed by atoms with Crippen molar-refractivity contribution in [3.8, 4) is 23.1 Å². The van der Waals surface area contributed by atoms with E-state index in [1.165, 1.54) is 61.7 Å². The van der Waals surface area contributed by atoms with Gasteiger partial charge in [-0.3, -0.25) is 14.9 Å². The molecule has 1 aromatic heterocycles. The maximum atomic E-state index is 12.5. The number of aromatic carboxylic acids is 1. The zero-order valence-electron chi connectivity index (χ0n) is 16.6. The molecule has 0 saturated carbocycles. The molecule has 10 heteroatoms. The fraction of sp³-hybridized carbons (Fsp3) is 0.0455. The van der Waals surface area contributed by atoms with E-state index in [1.54, 1.807) is 12.1 Å². The number of methoxy groups -OCH3 is 1. The summed E-state index contributed by atoms with van der Waals surface area (Å²) in [5.41, 5.74) is -0.274. The van der Waals surface area contributed by atoms with E-state index in [0.717, 1.165) is 0 Å². The summed E-state index contributed by atoms with van der Waals surface area (Å²) in [6.45, 7) is 0. The van der Waals surface area contributed by atoms with E-state index < -0.39 is 16.8 Å². The molecule has 2 aromatic carbocycles. The maximum absolute atomic E-state index is 12.5. The summed E-state index contributed by atoms with van der Waals surface area (Å²) >= 11 is 0. The number of carboxylic acids is 1. The van der Waals surface area contributed by atoms with Gasteiger partial charge in [0.25, 0.3) is 11.6 Å². The Morgan fingerprint density at radius 2 is 1.97 bits per heavy atom. The predicted molar refractivity (Wildman–Crippen MR) is 113 cm³/mol. The highest BCUT2D eigenvalue weighted by molar-refractivity contribution is 6.11. The van der Waals surface area contributed by atoms with E-state index in [4.69, 9.17) is 9.15 Å². The molecular weight excluding hydrogens is 418 g/mol. The number of furan rings is 1. The van der Waals surface area contributed by atoms with Gasteiger partial charge in [-0.05, 0) is 30.3 Å². The molecule has 0 aliphatic carbocycles. The molecule has 0 unspecified atom stereocenters. The van der Waals surface area contributed by atoms with Crippen LogP contribution in [0.1, 0.15) is 16.1 Å². The van der Waals surface area contributed by atoms with Crippen LogP contribution in [0.3, 0.4) is 0 Å². The number of para-hydroxylation sites is 1. The number of nitrogens with zero attached hydrogens (tertiary/aromatic N) is 2. The van der Waals surface area contributed by atoms with Crippen LogP contribution in [0.5, 0.6) is 5.75 Å². The first kappa shape index (κ1) is 21.8. The number of nitrogens with one attached hydrogen (secondary N) is 1. The third kappa shape index (κ3) is 4.63.